The lowest BCUT2D eigenvalue weighted by Gasteiger charge is -2.13. The lowest BCUT2D eigenvalue weighted by atomic mass is 10.2. The quantitative estimate of drug-likeness (QED) is 0.444. The van der Waals surface area contributed by atoms with E-state index in [2.05, 4.69) is 22.4 Å². The highest BCUT2D eigenvalue weighted by Crippen LogP contribution is 2.33. The van der Waals surface area contributed by atoms with Gasteiger partial charge < -0.3 is 5.32 Å². The van der Waals surface area contributed by atoms with Gasteiger partial charge in [-0.05, 0) is 30.4 Å². The van der Waals surface area contributed by atoms with Gasteiger partial charge in [-0.1, -0.05) is 54.7 Å². The maximum atomic E-state index is 12.5. The topological polar surface area (TPSA) is 75.2 Å². The average molecular weight is 453 g/mol. The van der Waals surface area contributed by atoms with E-state index in [4.69, 9.17) is 12.2 Å². The van der Waals surface area contributed by atoms with Crippen LogP contribution in [0, 0.1) is 0 Å². The molecule has 2 aromatic rings. The first-order valence-corrected chi connectivity index (χ1v) is 11.9. The molecule has 0 bridgehead atoms. The number of amides is 2. The number of nitrogens with zero attached hydrogens (tertiary/aromatic N) is 3. The summed E-state index contributed by atoms with van der Waals surface area (Å²) in [6, 6.07) is 3.91. The number of thiophene rings is 1. The van der Waals surface area contributed by atoms with Crippen LogP contribution < -0.4 is 5.32 Å². The summed E-state index contributed by atoms with van der Waals surface area (Å²) >= 11 is 9.62. The number of thioether (sulfide) groups is 1. The van der Waals surface area contributed by atoms with Crippen LogP contribution >= 0.6 is 46.7 Å². The number of aryl methyl sites for hydroxylation is 1. The third-order valence-electron chi connectivity index (χ3n) is 3.93. The molecule has 1 aliphatic heterocycles. The van der Waals surface area contributed by atoms with Gasteiger partial charge >= 0.3 is 0 Å². The number of rotatable bonds is 9. The SMILES string of the molecule is CCCCc1nnc(NC(=O)CCCN2C(=O)/C(=C\c3cccs3)SC2=S)s1. The van der Waals surface area contributed by atoms with Gasteiger partial charge in [-0.3, -0.25) is 14.5 Å². The lowest BCUT2D eigenvalue weighted by Crippen LogP contribution is -2.29. The van der Waals surface area contributed by atoms with E-state index in [1.807, 2.05) is 23.6 Å². The van der Waals surface area contributed by atoms with Crippen molar-refractivity contribution in [2.24, 2.45) is 0 Å². The summed E-state index contributed by atoms with van der Waals surface area (Å²) in [6.45, 7) is 2.55. The monoisotopic (exact) mass is 452 g/mol. The number of anilines is 1. The van der Waals surface area contributed by atoms with Crippen LogP contribution in [0.4, 0.5) is 5.13 Å². The zero-order valence-corrected chi connectivity index (χ0v) is 18.6. The summed E-state index contributed by atoms with van der Waals surface area (Å²) in [5.74, 6) is -0.216. The highest BCUT2D eigenvalue weighted by molar-refractivity contribution is 8.26. The largest absolute Gasteiger partial charge is 0.301 e. The molecule has 0 saturated carbocycles. The van der Waals surface area contributed by atoms with E-state index in [1.165, 1.54) is 23.1 Å². The average Bonchev–Trinajstić information content (AvgIpc) is 3.39. The molecule has 1 N–H and O–H groups in total. The smallest absolute Gasteiger partial charge is 0.266 e. The Bertz CT molecular complexity index is 876. The Morgan fingerprint density at radius 3 is 2.96 bits per heavy atom. The molecule has 0 radical (unpaired) electrons. The fourth-order valence-corrected chi connectivity index (χ4v) is 5.34. The first kappa shape index (κ1) is 21.1. The van der Waals surface area contributed by atoms with E-state index >= 15 is 0 Å². The van der Waals surface area contributed by atoms with Gasteiger partial charge in [0.2, 0.25) is 11.0 Å². The van der Waals surface area contributed by atoms with Gasteiger partial charge in [0.15, 0.2) is 0 Å². The molecular weight excluding hydrogens is 432 g/mol. The highest BCUT2D eigenvalue weighted by Gasteiger charge is 2.31. The van der Waals surface area contributed by atoms with Crippen LogP contribution in [0.25, 0.3) is 6.08 Å². The number of unbranched alkanes of at least 4 members (excludes halogenated alkanes) is 1. The van der Waals surface area contributed by atoms with E-state index in [0.717, 1.165) is 29.1 Å². The Morgan fingerprint density at radius 1 is 1.36 bits per heavy atom. The fraction of sp³-hybridized carbons (Fsp3) is 0.389. The van der Waals surface area contributed by atoms with E-state index < -0.39 is 0 Å². The van der Waals surface area contributed by atoms with Gasteiger partial charge in [0, 0.05) is 24.3 Å². The van der Waals surface area contributed by atoms with Crippen molar-refractivity contribution < 1.29 is 9.59 Å². The summed E-state index contributed by atoms with van der Waals surface area (Å²) in [6.07, 6.45) is 5.74. The third kappa shape index (κ3) is 5.69. The minimum atomic E-state index is -0.127. The molecule has 3 heterocycles. The number of thiocarbonyl (C=S) groups is 1. The van der Waals surface area contributed by atoms with Gasteiger partial charge in [-0.25, -0.2) is 0 Å². The van der Waals surface area contributed by atoms with E-state index in [-0.39, 0.29) is 11.8 Å². The molecule has 6 nitrogen and oxygen atoms in total. The molecule has 0 atom stereocenters. The van der Waals surface area contributed by atoms with Gasteiger partial charge in [-0.15, -0.1) is 21.5 Å². The van der Waals surface area contributed by atoms with Crippen LogP contribution in [-0.2, 0) is 16.0 Å². The van der Waals surface area contributed by atoms with Crippen molar-refractivity contribution in [2.75, 3.05) is 11.9 Å². The predicted octanol–water partition coefficient (Wildman–Crippen LogP) is 4.56. The van der Waals surface area contributed by atoms with Gasteiger partial charge in [0.1, 0.15) is 9.33 Å². The van der Waals surface area contributed by atoms with Crippen molar-refractivity contribution in [2.45, 2.75) is 39.0 Å². The summed E-state index contributed by atoms with van der Waals surface area (Å²) in [7, 11) is 0. The van der Waals surface area contributed by atoms with Crippen LogP contribution in [-0.4, -0.2) is 37.8 Å². The molecule has 0 aliphatic carbocycles. The van der Waals surface area contributed by atoms with Gasteiger partial charge in [-0.2, -0.15) is 0 Å². The molecule has 1 fully saturated rings. The Labute approximate surface area is 181 Å². The molecular formula is C18H20N4O2S4. The number of aromatic nitrogens is 2. The van der Waals surface area contributed by atoms with Crippen molar-refractivity contribution in [3.8, 4) is 0 Å². The van der Waals surface area contributed by atoms with Gasteiger partial charge in [0.25, 0.3) is 5.91 Å². The molecule has 2 amide bonds. The molecule has 1 aliphatic rings. The van der Waals surface area contributed by atoms with Crippen molar-refractivity contribution in [3.05, 3.63) is 32.3 Å². The van der Waals surface area contributed by atoms with Gasteiger partial charge in [0.05, 0.1) is 4.91 Å². The predicted molar refractivity (Wildman–Crippen MR) is 121 cm³/mol. The van der Waals surface area contributed by atoms with Crippen LogP contribution in [0.1, 0.15) is 42.5 Å². The lowest BCUT2D eigenvalue weighted by molar-refractivity contribution is -0.122. The number of hydrogen-bond acceptors (Lipinski definition) is 8. The molecule has 3 rings (SSSR count). The number of carbonyl (C=O) groups excluding carboxylic acids is 2. The minimum Gasteiger partial charge on any atom is -0.301 e. The van der Waals surface area contributed by atoms with Crippen molar-refractivity contribution in [3.63, 3.8) is 0 Å². The molecule has 0 unspecified atom stereocenters. The van der Waals surface area contributed by atoms with Crippen LogP contribution in [0.5, 0.6) is 0 Å². The fourth-order valence-electron chi connectivity index (χ4n) is 2.51. The van der Waals surface area contributed by atoms with E-state index in [9.17, 15) is 9.59 Å². The Morgan fingerprint density at radius 2 is 2.21 bits per heavy atom. The summed E-state index contributed by atoms with van der Waals surface area (Å²) in [5.41, 5.74) is 0. The van der Waals surface area contributed by atoms with E-state index in [0.29, 0.717) is 33.7 Å². The standard InChI is InChI=1S/C18H20N4O2S4/c1-2-3-8-15-20-21-17(28-15)19-14(23)7-4-9-22-16(24)13(27-18(22)25)11-12-6-5-10-26-12/h5-6,10-11H,2-4,7-9H2,1H3,(H,19,21,23)/b13-11+. The molecule has 28 heavy (non-hydrogen) atoms. The number of hydrogen-bond donors (Lipinski definition) is 1. The molecule has 0 spiro atoms. The van der Waals surface area contributed by atoms with Crippen molar-refractivity contribution in [1.29, 1.82) is 0 Å². The Kier molecular flexibility index (Phi) is 7.72. The maximum absolute atomic E-state index is 12.5. The molecule has 1 saturated heterocycles. The third-order valence-corrected chi connectivity index (χ3v) is 7.03. The van der Waals surface area contributed by atoms with Crippen molar-refractivity contribution >= 4 is 74.0 Å². The van der Waals surface area contributed by atoms with Crippen LogP contribution in [0.15, 0.2) is 22.4 Å². The Hall–Kier alpha value is -1.62. The second kappa shape index (κ2) is 10.2. The van der Waals surface area contributed by atoms with Crippen molar-refractivity contribution in [1.82, 2.24) is 15.1 Å². The molecule has 2 aromatic heterocycles. The minimum absolute atomic E-state index is 0.0894. The number of nitrogens with one attached hydrogen (secondary N) is 1. The zero-order chi connectivity index (χ0) is 19.9. The molecule has 0 aromatic carbocycles. The van der Waals surface area contributed by atoms with Crippen LogP contribution in [0.2, 0.25) is 0 Å². The Balaban J connectivity index is 1.45. The highest BCUT2D eigenvalue weighted by atomic mass is 32.2. The summed E-state index contributed by atoms with van der Waals surface area (Å²) in [4.78, 5) is 27.9. The zero-order valence-electron chi connectivity index (χ0n) is 15.3. The molecule has 10 heteroatoms. The maximum Gasteiger partial charge on any atom is 0.266 e. The van der Waals surface area contributed by atoms with E-state index in [1.54, 1.807) is 16.2 Å². The second-order valence-electron chi connectivity index (χ2n) is 6.11. The summed E-state index contributed by atoms with van der Waals surface area (Å²) in [5, 5.41) is 14.3. The first-order chi connectivity index (χ1) is 13.6. The number of carbonyl (C=O) groups is 2. The van der Waals surface area contributed by atoms with Crippen LogP contribution in [0.3, 0.4) is 0 Å². The normalized spacial score (nSPS) is 15.6. The second-order valence-corrected chi connectivity index (χ2v) is 9.82. The molecule has 148 valence electrons. The first-order valence-electron chi connectivity index (χ1n) is 8.98. The summed E-state index contributed by atoms with van der Waals surface area (Å²) < 4.78 is 0.540.